The molecule has 1 heterocycles. The highest BCUT2D eigenvalue weighted by Gasteiger charge is 2.07. The number of urea groups is 1. The highest BCUT2D eigenvalue weighted by molar-refractivity contribution is 7.97. The van der Waals surface area contributed by atoms with Crippen molar-refractivity contribution in [1.82, 2.24) is 10.3 Å². The van der Waals surface area contributed by atoms with Crippen LogP contribution in [0.1, 0.15) is 21.1 Å². The summed E-state index contributed by atoms with van der Waals surface area (Å²) in [6.45, 7) is 4.44. The molecule has 0 atom stereocenters. The normalized spacial score (nSPS) is 10.4. The highest BCUT2D eigenvalue weighted by Crippen LogP contribution is 2.17. The van der Waals surface area contributed by atoms with E-state index < -0.39 is 0 Å². The maximum absolute atomic E-state index is 11.9. The Bertz CT molecular complexity index is 625. The first kappa shape index (κ1) is 15.9. The van der Waals surface area contributed by atoms with E-state index in [9.17, 15) is 4.79 Å². The van der Waals surface area contributed by atoms with Gasteiger partial charge in [0.15, 0.2) is 0 Å². The molecule has 2 rings (SSSR count). The zero-order valence-corrected chi connectivity index (χ0v) is 14.0. The number of carbonyl (C=O) groups excluding carboxylic acids is 1. The van der Waals surface area contributed by atoms with Gasteiger partial charge in [-0.25, -0.2) is 9.78 Å². The van der Waals surface area contributed by atoms with Crippen molar-refractivity contribution in [2.24, 2.45) is 0 Å². The molecule has 112 valence electrons. The molecular formula is C15H19N3OS2. The molecule has 6 heteroatoms. The van der Waals surface area contributed by atoms with Crippen LogP contribution in [0.5, 0.6) is 0 Å². The summed E-state index contributed by atoms with van der Waals surface area (Å²) in [7, 11) is 0. The van der Waals surface area contributed by atoms with E-state index in [4.69, 9.17) is 0 Å². The van der Waals surface area contributed by atoms with Gasteiger partial charge in [0.2, 0.25) is 0 Å². The molecule has 0 saturated carbocycles. The van der Waals surface area contributed by atoms with Crippen LogP contribution in [0.15, 0.2) is 24.3 Å². The maximum Gasteiger partial charge on any atom is 0.319 e. The monoisotopic (exact) mass is 321 g/mol. The largest absolute Gasteiger partial charge is 0.333 e. The third-order valence-corrected chi connectivity index (χ3v) is 4.60. The summed E-state index contributed by atoms with van der Waals surface area (Å²) in [5.74, 6) is 0.941. The summed E-state index contributed by atoms with van der Waals surface area (Å²) in [6, 6.07) is 7.71. The number of carbonyl (C=O) groups is 1. The van der Waals surface area contributed by atoms with Crippen LogP contribution in [0.2, 0.25) is 0 Å². The Morgan fingerprint density at radius 2 is 2.19 bits per heavy atom. The van der Waals surface area contributed by atoms with Crippen LogP contribution in [0.4, 0.5) is 10.5 Å². The molecule has 0 saturated heterocycles. The first-order chi connectivity index (χ1) is 10.1. The molecule has 4 nitrogen and oxygen atoms in total. The molecule has 0 bridgehead atoms. The second-order valence-corrected chi connectivity index (χ2v) is 6.84. The minimum Gasteiger partial charge on any atom is -0.333 e. The zero-order chi connectivity index (χ0) is 15.2. The summed E-state index contributed by atoms with van der Waals surface area (Å²) >= 11 is 3.38. The maximum atomic E-state index is 11.9. The number of thioether (sulfide) groups is 1. The molecule has 2 N–H and O–H groups in total. The summed E-state index contributed by atoms with van der Waals surface area (Å²) in [4.78, 5) is 17.4. The number of benzene rings is 1. The fourth-order valence-corrected chi connectivity index (χ4v) is 3.37. The van der Waals surface area contributed by atoms with Crippen molar-refractivity contribution in [3.63, 3.8) is 0 Å². The lowest BCUT2D eigenvalue weighted by Gasteiger charge is -2.08. The van der Waals surface area contributed by atoms with Gasteiger partial charge in [0, 0.05) is 16.3 Å². The molecule has 21 heavy (non-hydrogen) atoms. The summed E-state index contributed by atoms with van der Waals surface area (Å²) < 4.78 is 0. The second kappa shape index (κ2) is 7.47. The van der Waals surface area contributed by atoms with Crippen LogP contribution in [-0.2, 0) is 12.3 Å². The zero-order valence-electron chi connectivity index (χ0n) is 12.4. The number of thiazole rings is 1. The van der Waals surface area contributed by atoms with Crippen LogP contribution < -0.4 is 10.6 Å². The Balaban J connectivity index is 1.89. The Labute approximate surface area is 133 Å². The van der Waals surface area contributed by atoms with E-state index in [2.05, 4.69) is 27.9 Å². The van der Waals surface area contributed by atoms with E-state index in [0.29, 0.717) is 6.54 Å². The SMILES string of the molecule is CSCc1cccc(NC(=O)NCc2sc(C)nc2C)c1. The van der Waals surface area contributed by atoms with Gasteiger partial charge in [0.1, 0.15) is 0 Å². The number of anilines is 1. The van der Waals surface area contributed by atoms with E-state index >= 15 is 0 Å². The molecule has 0 aliphatic carbocycles. The number of amides is 2. The predicted octanol–water partition coefficient (Wildman–Crippen LogP) is 3.94. The number of aromatic nitrogens is 1. The average Bonchev–Trinajstić information content (AvgIpc) is 2.75. The van der Waals surface area contributed by atoms with Gasteiger partial charge in [-0.05, 0) is 37.8 Å². The van der Waals surface area contributed by atoms with Crippen LogP contribution in [-0.4, -0.2) is 17.3 Å². The Morgan fingerprint density at radius 3 is 2.86 bits per heavy atom. The Kier molecular flexibility index (Phi) is 5.64. The number of hydrogen-bond donors (Lipinski definition) is 2. The minimum absolute atomic E-state index is 0.193. The summed E-state index contributed by atoms with van der Waals surface area (Å²) in [6.07, 6.45) is 2.06. The molecule has 0 aliphatic heterocycles. The van der Waals surface area contributed by atoms with Crippen molar-refractivity contribution < 1.29 is 4.79 Å². The lowest BCUT2D eigenvalue weighted by atomic mass is 10.2. The molecule has 1 aromatic heterocycles. The van der Waals surface area contributed by atoms with Crippen molar-refractivity contribution in [3.05, 3.63) is 45.4 Å². The van der Waals surface area contributed by atoms with Crippen LogP contribution in [0, 0.1) is 13.8 Å². The smallest absolute Gasteiger partial charge is 0.319 e. The van der Waals surface area contributed by atoms with Crippen molar-refractivity contribution in [1.29, 1.82) is 0 Å². The lowest BCUT2D eigenvalue weighted by molar-refractivity contribution is 0.252. The standard InChI is InChI=1S/C15H19N3OS2/c1-10-14(21-11(2)17-10)8-16-15(19)18-13-6-4-5-12(7-13)9-20-3/h4-7H,8-9H2,1-3H3,(H2,16,18,19). The third-order valence-electron chi connectivity index (χ3n) is 2.90. The Hall–Kier alpha value is -1.53. The van der Waals surface area contributed by atoms with Crippen molar-refractivity contribution in [2.75, 3.05) is 11.6 Å². The van der Waals surface area contributed by atoms with Crippen LogP contribution in [0.25, 0.3) is 0 Å². The van der Waals surface area contributed by atoms with Gasteiger partial charge in [0.25, 0.3) is 0 Å². The average molecular weight is 321 g/mol. The molecule has 0 spiro atoms. The van der Waals surface area contributed by atoms with Gasteiger partial charge in [0.05, 0.1) is 17.2 Å². The molecule has 0 fully saturated rings. The minimum atomic E-state index is -0.193. The lowest BCUT2D eigenvalue weighted by Crippen LogP contribution is -2.28. The number of hydrogen-bond acceptors (Lipinski definition) is 4. The molecule has 2 aromatic rings. The van der Waals surface area contributed by atoms with Gasteiger partial charge in [-0.2, -0.15) is 11.8 Å². The third kappa shape index (κ3) is 4.75. The molecular weight excluding hydrogens is 302 g/mol. The first-order valence-corrected chi connectivity index (χ1v) is 8.85. The molecule has 1 aromatic carbocycles. The van der Waals surface area contributed by atoms with Crippen molar-refractivity contribution in [2.45, 2.75) is 26.1 Å². The van der Waals surface area contributed by atoms with Crippen molar-refractivity contribution >= 4 is 34.8 Å². The molecule has 0 unspecified atom stereocenters. The second-order valence-electron chi connectivity index (χ2n) is 4.68. The van der Waals surface area contributed by atoms with Crippen molar-refractivity contribution in [3.8, 4) is 0 Å². The predicted molar refractivity (Wildman–Crippen MR) is 91.1 cm³/mol. The van der Waals surface area contributed by atoms with Crippen LogP contribution >= 0.6 is 23.1 Å². The Morgan fingerprint density at radius 1 is 1.38 bits per heavy atom. The van der Waals surface area contributed by atoms with Gasteiger partial charge in [-0.15, -0.1) is 11.3 Å². The highest BCUT2D eigenvalue weighted by atomic mass is 32.2. The van der Waals surface area contributed by atoms with E-state index in [-0.39, 0.29) is 6.03 Å². The number of nitrogens with one attached hydrogen (secondary N) is 2. The van der Waals surface area contributed by atoms with Gasteiger partial charge >= 0.3 is 6.03 Å². The quantitative estimate of drug-likeness (QED) is 0.877. The van der Waals surface area contributed by atoms with Gasteiger partial charge < -0.3 is 10.6 Å². The summed E-state index contributed by atoms with van der Waals surface area (Å²) in [5, 5.41) is 6.75. The molecule has 0 radical (unpaired) electrons. The fraction of sp³-hybridized carbons (Fsp3) is 0.333. The van der Waals surface area contributed by atoms with E-state index in [1.54, 1.807) is 23.1 Å². The summed E-state index contributed by atoms with van der Waals surface area (Å²) in [5.41, 5.74) is 3.00. The van der Waals surface area contributed by atoms with E-state index in [0.717, 1.165) is 27.0 Å². The molecule has 2 amide bonds. The van der Waals surface area contributed by atoms with Gasteiger partial charge in [-0.3, -0.25) is 0 Å². The van der Waals surface area contributed by atoms with Crippen LogP contribution in [0.3, 0.4) is 0 Å². The van der Waals surface area contributed by atoms with E-state index in [1.807, 2.05) is 32.0 Å². The van der Waals surface area contributed by atoms with E-state index in [1.165, 1.54) is 5.56 Å². The number of aryl methyl sites for hydroxylation is 2. The fourth-order valence-electron chi connectivity index (χ4n) is 1.98. The molecule has 0 aliphatic rings. The number of nitrogens with zero attached hydrogens (tertiary/aromatic N) is 1. The number of rotatable bonds is 5. The first-order valence-electron chi connectivity index (χ1n) is 6.64. The topological polar surface area (TPSA) is 54.0 Å². The van der Waals surface area contributed by atoms with Gasteiger partial charge in [-0.1, -0.05) is 12.1 Å².